The normalized spacial score (nSPS) is 10.3. The molecule has 0 fully saturated rings. The Balaban J connectivity index is 2.75. The van der Waals surface area contributed by atoms with Crippen LogP contribution >= 0.6 is 15.9 Å². The zero-order valence-electron chi connectivity index (χ0n) is 12.1. The highest BCUT2D eigenvalue weighted by Crippen LogP contribution is 2.25. The summed E-state index contributed by atoms with van der Waals surface area (Å²) >= 11 is 3.29. The molecule has 0 amide bonds. The summed E-state index contributed by atoms with van der Waals surface area (Å²) in [5.74, 6) is -0.835. The molecule has 0 aliphatic heterocycles. The van der Waals surface area contributed by atoms with Crippen molar-refractivity contribution >= 4 is 21.7 Å². The van der Waals surface area contributed by atoms with Crippen LogP contribution < -0.4 is 5.56 Å². The average molecular weight is 361 g/mol. The van der Waals surface area contributed by atoms with Gasteiger partial charge in [-0.15, -0.1) is 0 Å². The van der Waals surface area contributed by atoms with Crippen LogP contribution in [0, 0.1) is 18.3 Å². The number of nitrogens with zero attached hydrogens (tertiary/aromatic N) is 2. The van der Waals surface area contributed by atoms with Crippen molar-refractivity contribution in [2.24, 2.45) is 0 Å². The molecule has 0 unspecified atom stereocenters. The Morgan fingerprint density at radius 3 is 2.45 bits per heavy atom. The first kappa shape index (κ1) is 16.0. The first-order chi connectivity index (χ1) is 10.4. The van der Waals surface area contributed by atoms with Gasteiger partial charge in [0.2, 0.25) is 5.88 Å². The molecule has 1 aromatic heterocycles. The molecule has 22 heavy (non-hydrogen) atoms. The summed E-state index contributed by atoms with van der Waals surface area (Å²) in [6, 6.07) is 8.45. The van der Waals surface area contributed by atoms with Crippen LogP contribution in [0.5, 0.6) is 5.88 Å². The van der Waals surface area contributed by atoms with Crippen molar-refractivity contribution in [3.05, 3.63) is 61.3 Å². The Bertz CT molecular complexity index is 846. The summed E-state index contributed by atoms with van der Waals surface area (Å²) in [5.41, 5.74) is -0.165. The molecule has 0 bridgehead atoms. The number of carbonyl (C=O) groups is 1. The third-order valence-electron chi connectivity index (χ3n) is 3.45. The molecule has 0 aliphatic carbocycles. The van der Waals surface area contributed by atoms with Crippen molar-refractivity contribution < 1.29 is 9.90 Å². The number of nitriles is 1. The van der Waals surface area contributed by atoms with Gasteiger partial charge in [-0.1, -0.05) is 15.9 Å². The Morgan fingerprint density at radius 2 is 1.95 bits per heavy atom. The topological polar surface area (TPSA) is 83.1 Å². The lowest BCUT2D eigenvalue weighted by atomic mass is 9.97. The second-order valence-corrected chi connectivity index (χ2v) is 5.61. The molecule has 1 N–H and O–H groups in total. The van der Waals surface area contributed by atoms with Gasteiger partial charge >= 0.3 is 0 Å². The lowest BCUT2D eigenvalue weighted by molar-refractivity contribution is 0.103. The maximum atomic E-state index is 12.6. The highest BCUT2D eigenvalue weighted by molar-refractivity contribution is 9.10. The maximum Gasteiger partial charge on any atom is 0.271 e. The third kappa shape index (κ3) is 2.55. The summed E-state index contributed by atoms with van der Waals surface area (Å²) in [6.45, 7) is 3.32. The quantitative estimate of drug-likeness (QED) is 0.853. The van der Waals surface area contributed by atoms with E-state index in [0.717, 1.165) is 9.04 Å². The van der Waals surface area contributed by atoms with E-state index in [1.807, 2.05) is 6.07 Å². The van der Waals surface area contributed by atoms with Gasteiger partial charge in [0.25, 0.3) is 5.56 Å². The van der Waals surface area contributed by atoms with Crippen LogP contribution in [-0.4, -0.2) is 15.5 Å². The maximum absolute atomic E-state index is 12.6. The van der Waals surface area contributed by atoms with Gasteiger partial charge in [0.1, 0.15) is 11.6 Å². The number of carbonyl (C=O) groups excluding carboxylic acids is 1. The zero-order valence-corrected chi connectivity index (χ0v) is 13.6. The first-order valence-electron chi connectivity index (χ1n) is 6.59. The predicted octanol–water partition coefficient (Wildman–Crippen LogP) is 2.75. The molecule has 0 spiro atoms. The number of hydrogen-bond acceptors (Lipinski definition) is 4. The fourth-order valence-corrected chi connectivity index (χ4v) is 2.53. The number of aromatic hydroxyl groups is 1. The number of ketones is 1. The van der Waals surface area contributed by atoms with Gasteiger partial charge in [-0.3, -0.25) is 14.2 Å². The fraction of sp³-hybridized carbons (Fsp3) is 0.188. The molecule has 2 rings (SSSR count). The largest absolute Gasteiger partial charge is 0.494 e. The minimum Gasteiger partial charge on any atom is -0.494 e. The van der Waals surface area contributed by atoms with Crippen molar-refractivity contribution in [1.82, 2.24) is 4.57 Å². The Labute approximate surface area is 135 Å². The van der Waals surface area contributed by atoms with Crippen LogP contribution in [0.15, 0.2) is 33.5 Å². The molecule has 0 saturated heterocycles. The van der Waals surface area contributed by atoms with Gasteiger partial charge in [0, 0.05) is 16.6 Å². The van der Waals surface area contributed by atoms with Crippen LogP contribution in [0.2, 0.25) is 0 Å². The summed E-state index contributed by atoms with van der Waals surface area (Å²) in [5, 5.41) is 19.4. The third-order valence-corrected chi connectivity index (χ3v) is 3.98. The van der Waals surface area contributed by atoms with Gasteiger partial charge in [0.05, 0.1) is 5.56 Å². The molecule has 2 aromatic rings. The summed E-state index contributed by atoms with van der Waals surface area (Å²) < 4.78 is 1.85. The molecule has 0 aliphatic rings. The zero-order chi connectivity index (χ0) is 16.4. The standard InChI is InChI=1S/C16H13BrN2O3/c1-3-19-15(21)12(8-18)9(2)13(16(19)22)14(20)10-4-6-11(17)7-5-10/h4-7,22H,3H2,1-2H3. The Hall–Kier alpha value is -2.39. The molecule has 5 nitrogen and oxygen atoms in total. The highest BCUT2D eigenvalue weighted by atomic mass is 79.9. The van der Waals surface area contributed by atoms with E-state index in [1.165, 1.54) is 6.92 Å². The molecule has 0 saturated carbocycles. The molecule has 1 aromatic carbocycles. The molecule has 0 radical (unpaired) electrons. The molecule has 0 atom stereocenters. The number of benzene rings is 1. The van der Waals surface area contributed by atoms with Gasteiger partial charge in [-0.05, 0) is 43.7 Å². The van der Waals surface area contributed by atoms with Crippen molar-refractivity contribution in [2.75, 3.05) is 0 Å². The van der Waals surface area contributed by atoms with Crippen LogP contribution in [0.3, 0.4) is 0 Å². The monoisotopic (exact) mass is 360 g/mol. The van der Waals surface area contributed by atoms with Gasteiger partial charge < -0.3 is 5.11 Å². The van der Waals surface area contributed by atoms with Gasteiger partial charge in [0.15, 0.2) is 5.78 Å². The van der Waals surface area contributed by atoms with Crippen molar-refractivity contribution in [2.45, 2.75) is 20.4 Å². The Kier molecular flexibility index (Phi) is 4.48. The number of halogens is 1. The van der Waals surface area contributed by atoms with E-state index in [-0.39, 0.29) is 23.2 Å². The minimum absolute atomic E-state index is 0.0136. The van der Waals surface area contributed by atoms with Crippen LogP contribution in [-0.2, 0) is 6.54 Å². The average Bonchev–Trinajstić information content (AvgIpc) is 2.48. The highest BCUT2D eigenvalue weighted by Gasteiger charge is 2.24. The Morgan fingerprint density at radius 1 is 1.36 bits per heavy atom. The number of pyridine rings is 1. The molecular formula is C16H13BrN2O3. The summed E-state index contributed by atoms with van der Waals surface area (Å²) in [7, 11) is 0. The lowest BCUT2D eigenvalue weighted by Gasteiger charge is -2.14. The number of hydrogen-bond donors (Lipinski definition) is 1. The second kappa shape index (κ2) is 6.16. The minimum atomic E-state index is -0.590. The molecule has 1 heterocycles. The van der Waals surface area contributed by atoms with E-state index >= 15 is 0 Å². The van der Waals surface area contributed by atoms with Crippen LogP contribution in [0.25, 0.3) is 0 Å². The van der Waals surface area contributed by atoms with Crippen molar-refractivity contribution in [3.63, 3.8) is 0 Å². The molecule has 112 valence electrons. The lowest BCUT2D eigenvalue weighted by Crippen LogP contribution is -2.26. The van der Waals surface area contributed by atoms with E-state index in [4.69, 9.17) is 5.26 Å². The van der Waals surface area contributed by atoms with E-state index in [1.54, 1.807) is 31.2 Å². The number of rotatable bonds is 3. The predicted molar refractivity (Wildman–Crippen MR) is 85.1 cm³/mol. The van der Waals surface area contributed by atoms with E-state index in [2.05, 4.69) is 15.9 Å². The molecule has 6 heteroatoms. The molecular weight excluding hydrogens is 348 g/mol. The van der Waals surface area contributed by atoms with Gasteiger partial charge in [-0.2, -0.15) is 5.26 Å². The summed E-state index contributed by atoms with van der Waals surface area (Å²) in [6.07, 6.45) is 0. The van der Waals surface area contributed by atoms with E-state index in [9.17, 15) is 14.7 Å². The fourth-order valence-electron chi connectivity index (χ4n) is 2.26. The second-order valence-electron chi connectivity index (χ2n) is 4.70. The van der Waals surface area contributed by atoms with Crippen molar-refractivity contribution in [1.29, 1.82) is 5.26 Å². The van der Waals surface area contributed by atoms with Crippen LogP contribution in [0.1, 0.15) is 34.0 Å². The SMILES string of the molecule is CCn1c(O)c(C(=O)c2ccc(Br)cc2)c(C)c(C#N)c1=O. The smallest absolute Gasteiger partial charge is 0.271 e. The van der Waals surface area contributed by atoms with Crippen molar-refractivity contribution in [3.8, 4) is 11.9 Å². The van der Waals surface area contributed by atoms with Crippen LogP contribution in [0.4, 0.5) is 0 Å². The summed E-state index contributed by atoms with van der Waals surface area (Å²) in [4.78, 5) is 24.7. The first-order valence-corrected chi connectivity index (χ1v) is 7.38. The van der Waals surface area contributed by atoms with E-state index in [0.29, 0.717) is 5.56 Å². The number of aromatic nitrogens is 1. The van der Waals surface area contributed by atoms with E-state index < -0.39 is 17.2 Å². The van der Waals surface area contributed by atoms with Gasteiger partial charge in [-0.25, -0.2) is 0 Å².